The van der Waals surface area contributed by atoms with E-state index in [0.29, 0.717) is 5.69 Å². The maximum atomic E-state index is 12.3. The molecule has 8 nitrogen and oxygen atoms in total. The van der Waals surface area contributed by atoms with E-state index in [1.807, 2.05) is 0 Å². The summed E-state index contributed by atoms with van der Waals surface area (Å²) in [5.74, 6) is -3.36. The third kappa shape index (κ3) is 4.95. The molecule has 0 radical (unpaired) electrons. The molecule has 9 heteroatoms. The van der Waals surface area contributed by atoms with Gasteiger partial charge in [0.2, 0.25) is 0 Å². The Morgan fingerprint density at radius 1 is 0.821 bits per heavy atom. The normalized spacial score (nSPS) is 10.0. The zero-order valence-corrected chi connectivity index (χ0v) is 16.9. The highest BCUT2D eigenvalue weighted by Gasteiger charge is 2.21. The fraction of sp³-hybridized carbons (Fsp3) is 0.158. The lowest BCUT2D eigenvalue weighted by Crippen LogP contribution is -2.30. The van der Waals surface area contributed by atoms with Crippen LogP contribution in [0.1, 0.15) is 26.3 Å². The van der Waals surface area contributed by atoms with Crippen LogP contribution in [0.15, 0.2) is 40.9 Å². The first-order chi connectivity index (χ1) is 13.3. The molecule has 0 aliphatic heterocycles. The molecule has 0 heterocycles. The monoisotopic (exact) mass is 448 g/mol. The zero-order valence-electron chi connectivity index (χ0n) is 15.3. The van der Waals surface area contributed by atoms with Crippen molar-refractivity contribution in [1.29, 1.82) is 0 Å². The number of benzene rings is 2. The molecule has 0 aliphatic rings. The molecule has 0 aromatic heterocycles. The van der Waals surface area contributed by atoms with Crippen molar-refractivity contribution in [2.75, 3.05) is 24.9 Å². The number of aryl methyl sites for hydroxylation is 1. The van der Waals surface area contributed by atoms with E-state index in [1.54, 1.807) is 25.1 Å². The van der Waals surface area contributed by atoms with Gasteiger partial charge in [0.05, 0.1) is 31.0 Å². The minimum atomic E-state index is -1.02. The smallest absolute Gasteiger partial charge is 0.339 e. The van der Waals surface area contributed by atoms with Gasteiger partial charge in [-0.25, -0.2) is 9.59 Å². The SMILES string of the molecule is COC(=O)c1ccc(C(=O)OC)c(NC(=O)C(=O)Nc2ccc(Br)cc2C)c1. The van der Waals surface area contributed by atoms with Crippen molar-refractivity contribution in [2.24, 2.45) is 0 Å². The summed E-state index contributed by atoms with van der Waals surface area (Å²) in [5.41, 5.74) is 1.23. The number of anilines is 2. The number of ether oxygens (including phenoxy) is 2. The van der Waals surface area contributed by atoms with Crippen LogP contribution in [0.3, 0.4) is 0 Å². The molecule has 2 aromatic carbocycles. The molecular weight excluding hydrogens is 432 g/mol. The van der Waals surface area contributed by atoms with Crippen molar-refractivity contribution in [3.8, 4) is 0 Å². The maximum absolute atomic E-state index is 12.3. The molecule has 0 atom stereocenters. The van der Waals surface area contributed by atoms with Gasteiger partial charge >= 0.3 is 23.8 Å². The van der Waals surface area contributed by atoms with Crippen LogP contribution in [0.25, 0.3) is 0 Å². The molecule has 0 saturated heterocycles. The third-order valence-electron chi connectivity index (χ3n) is 3.74. The lowest BCUT2D eigenvalue weighted by Gasteiger charge is -2.12. The maximum Gasteiger partial charge on any atom is 0.339 e. The quantitative estimate of drug-likeness (QED) is 0.549. The van der Waals surface area contributed by atoms with Gasteiger partial charge in [-0.05, 0) is 48.9 Å². The first kappa shape index (κ1) is 21.1. The van der Waals surface area contributed by atoms with Crippen molar-refractivity contribution in [3.63, 3.8) is 0 Å². The highest BCUT2D eigenvalue weighted by atomic mass is 79.9. The molecule has 0 spiro atoms. The first-order valence-corrected chi connectivity index (χ1v) is 8.75. The van der Waals surface area contributed by atoms with Crippen LogP contribution >= 0.6 is 15.9 Å². The van der Waals surface area contributed by atoms with Crippen LogP contribution < -0.4 is 10.6 Å². The lowest BCUT2D eigenvalue weighted by atomic mass is 10.1. The summed E-state index contributed by atoms with van der Waals surface area (Å²) in [6.45, 7) is 1.77. The summed E-state index contributed by atoms with van der Waals surface area (Å²) < 4.78 is 10.1. The molecule has 0 bridgehead atoms. The highest BCUT2D eigenvalue weighted by Crippen LogP contribution is 2.21. The fourth-order valence-corrected chi connectivity index (χ4v) is 2.78. The van der Waals surface area contributed by atoms with Gasteiger partial charge in [0, 0.05) is 10.2 Å². The van der Waals surface area contributed by atoms with Gasteiger partial charge in [-0.15, -0.1) is 0 Å². The van der Waals surface area contributed by atoms with E-state index in [4.69, 9.17) is 0 Å². The van der Waals surface area contributed by atoms with Crippen LogP contribution in [0.4, 0.5) is 11.4 Å². The topological polar surface area (TPSA) is 111 Å². The molecule has 0 unspecified atom stereocenters. The Balaban J connectivity index is 2.26. The molecule has 0 aliphatic carbocycles. The molecule has 146 valence electrons. The first-order valence-electron chi connectivity index (χ1n) is 7.96. The molecule has 2 aromatic rings. The molecule has 0 fully saturated rings. The second-order valence-corrected chi connectivity index (χ2v) is 6.53. The van der Waals surface area contributed by atoms with Gasteiger partial charge in [-0.3, -0.25) is 9.59 Å². The molecule has 2 amide bonds. The number of esters is 2. The second-order valence-electron chi connectivity index (χ2n) is 5.61. The van der Waals surface area contributed by atoms with Gasteiger partial charge in [-0.1, -0.05) is 15.9 Å². The van der Waals surface area contributed by atoms with E-state index in [2.05, 4.69) is 36.0 Å². The summed E-state index contributed by atoms with van der Waals surface area (Å²) in [7, 11) is 2.37. The molecule has 2 rings (SSSR count). The van der Waals surface area contributed by atoms with Crippen molar-refractivity contribution in [1.82, 2.24) is 0 Å². The van der Waals surface area contributed by atoms with Gasteiger partial charge in [0.25, 0.3) is 0 Å². The molecule has 0 saturated carbocycles. The van der Waals surface area contributed by atoms with E-state index in [-0.39, 0.29) is 16.8 Å². The van der Waals surface area contributed by atoms with E-state index in [9.17, 15) is 19.2 Å². The Hall–Kier alpha value is -3.20. The number of methoxy groups -OCH3 is 2. The number of carbonyl (C=O) groups is 4. The predicted octanol–water partition coefficient (Wildman–Crippen LogP) is 2.91. The van der Waals surface area contributed by atoms with E-state index >= 15 is 0 Å². The molecule has 2 N–H and O–H groups in total. The third-order valence-corrected chi connectivity index (χ3v) is 4.23. The Morgan fingerprint density at radius 3 is 2.00 bits per heavy atom. The number of hydrogen-bond donors (Lipinski definition) is 2. The van der Waals surface area contributed by atoms with Crippen molar-refractivity contribution in [3.05, 3.63) is 57.6 Å². The minimum absolute atomic E-state index is 0.0175. The summed E-state index contributed by atoms with van der Waals surface area (Å²) in [6, 6.07) is 9.01. The van der Waals surface area contributed by atoms with Crippen molar-refractivity contribution < 1.29 is 28.7 Å². The Bertz CT molecular complexity index is 957. The summed E-state index contributed by atoms with van der Waals surface area (Å²) in [5, 5.41) is 4.82. The van der Waals surface area contributed by atoms with Gasteiger partial charge in [0.15, 0.2) is 0 Å². The number of rotatable bonds is 4. The van der Waals surface area contributed by atoms with Gasteiger partial charge < -0.3 is 20.1 Å². The van der Waals surface area contributed by atoms with Crippen LogP contribution in [-0.2, 0) is 19.1 Å². The van der Waals surface area contributed by atoms with Crippen LogP contribution in [-0.4, -0.2) is 38.0 Å². The number of amides is 2. The zero-order chi connectivity index (χ0) is 20.8. The average Bonchev–Trinajstić information content (AvgIpc) is 2.68. The number of halogens is 1. The van der Waals surface area contributed by atoms with Crippen LogP contribution in [0, 0.1) is 6.92 Å². The highest BCUT2D eigenvalue weighted by molar-refractivity contribution is 9.10. The van der Waals surface area contributed by atoms with Crippen LogP contribution in [0.5, 0.6) is 0 Å². The lowest BCUT2D eigenvalue weighted by molar-refractivity contribution is -0.133. The fourth-order valence-electron chi connectivity index (χ4n) is 2.31. The number of nitrogens with one attached hydrogen (secondary N) is 2. The summed E-state index contributed by atoms with van der Waals surface area (Å²) in [4.78, 5) is 48.2. The predicted molar refractivity (Wildman–Crippen MR) is 105 cm³/mol. The molecular formula is C19H17BrN2O6. The van der Waals surface area contributed by atoms with Gasteiger partial charge in [0.1, 0.15) is 0 Å². The Labute approximate surface area is 169 Å². The Morgan fingerprint density at radius 2 is 1.43 bits per heavy atom. The van der Waals surface area contributed by atoms with Crippen molar-refractivity contribution in [2.45, 2.75) is 6.92 Å². The van der Waals surface area contributed by atoms with Crippen molar-refractivity contribution >= 4 is 51.1 Å². The number of carbonyl (C=O) groups excluding carboxylic acids is 4. The minimum Gasteiger partial charge on any atom is -0.465 e. The molecule has 28 heavy (non-hydrogen) atoms. The second kappa shape index (κ2) is 9.14. The Kier molecular flexibility index (Phi) is 6.89. The van der Waals surface area contributed by atoms with E-state index in [0.717, 1.165) is 10.0 Å². The largest absolute Gasteiger partial charge is 0.465 e. The summed E-state index contributed by atoms with van der Waals surface area (Å²) in [6.07, 6.45) is 0. The standard InChI is InChI=1S/C19H17BrN2O6/c1-10-8-12(20)5-7-14(10)21-16(23)17(24)22-15-9-11(18(25)27-2)4-6-13(15)19(26)28-3/h4-9H,1-3H3,(H,21,23)(H,22,24). The average molecular weight is 449 g/mol. The van der Waals surface area contributed by atoms with E-state index < -0.39 is 23.8 Å². The van der Waals surface area contributed by atoms with Crippen LogP contribution in [0.2, 0.25) is 0 Å². The number of hydrogen-bond acceptors (Lipinski definition) is 6. The van der Waals surface area contributed by atoms with E-state index in [1.165, 1.54) is 32.4 Å². The van der Waals surface area contributed by atoms with Gasteiger partial charge in [-0.2, -0.15) is 0 Å². The summed E-state index contributed by atoms with van der Waals surface area (Å²) >= 11 is 3.31.